The molecule has 0 aliphatic carbocycles. The molecule has 1 aliphatic rings. The molecule has 0 bridgehead atoms. The van der Waals surface area contributed by atoms with Crippen molar-refractivity contribution in [2.24, 2.45) is 0 Å². The van der Waals surface area contributed by atoms with Crippen molar-refractivity contribution in [2.75, 3.05) is 13.1 Å². The average Bonchev–Trinajstić information content (AvgIpc) is 2.05. The standard InChI is InChI=1S/C8H14N2O2/c9-7(6-8(11)12)10-4-2-1-3-5-10/h9H,1-6H2,(H,11,12). The van der Waals surface area contributed by atoms with Crippen LogP contribution in [0.1, 0.15) is 25.7 Å². The Bertz CT molecular complexity index is 185. The summed E-state index contributed by atoms with van der Waals surface area (Å²) in [6.07, 6.45) is 3.24. The van der Waals surface area contributed by atoms with Crippen molar-refractivity contribution in [1.29, 1.82) is 5.41 Å². The van der Waals surface area contributed by atoms with Crippen LogP contribution < -0.4 is 0 Å². The predicted octanol–water partition coefficient (Wildman–Crippen LogP) is 0.924. The largest absolute Gasteiger partial charge is 0.481 e. The molecule has 0 spiro atoms. The van der Waals surface area contributed by atoms with E-state index in [2.05, 4.69) is 0 Å². The highest BCUT2D eigenvalue weighted by atomic mass is 16.4. The lowest BCUT2D eigenvalue weighted by molar-refractivity contribution is -0.135. The molecule has 1 saturated heterocycles. The highest BCUT2D eigenvalue weighted by Crippen LogP contribution is 2.09. The summed E-state index contributed by atoms with van der Waals surface area (Å²) in [5.74, 6) is -0.659. The van der Waals surface area contributed by atoms with Gasteiger partial charge in [0.2, 0.25) is 0 Å². The van der Waals surface area contributed by atoms with E-state index < -0.39 is 5.97 Å². The summed E-state index contributed by atoms with van der Waals surface area (Å²) in [5.41, 5.74) is 0. The minimum Gasteiger partial charge on any atom is -0.481 e. The number of amidine groups is 1. The van der Waals surface area contributed by atoms with Crippen molar-refractivity contribution in [3.63, 3.8) is 0 Å². The molecule has 0 amide bonds. The molecular weight excluding hydrogens is 156 g/mol. The molecule has 12 heavy (non-hydrogen) atoms. The van der Waals surface area contributed by atoms with Gasteiger partial charge in [0.1, 0.15) is 12.3 Å². The fourth-order valence-electron chi connectivity index (χ4n) is 1.42. The molecule has 4 nitrogen and oxygen atoms in total. The van der Waals surface area contributed by atoms with Gasteiger partial charge in [0.05, 0.1) is 0 Å². The number of rotatable bonds is 2. The minimum atomic E-state index is -0.912. The Hall–Kier alpha value is -1.06. The molecule has 4 heteroatoms. The van der Waals surface area contributed by atoms with Gasteiger partial charge in [-0.15, -0.1) is 0 Å². The van der Waals surface area contributed by atoms with Crippen molar-refractivity contribution in [1.82, 2.24) is 4.90 Å². The van der Waals surface area contributed by atoms with E-state index in [0.29, 0.717) is 0 Å². The van der Waals surface area contributed by atoms with Gasteiger partial charge in [-0.1, -0.05) is 0 Å². The van der Waals surface area contributed by atoms with E-state index >= 15 is 0 Å². The molecule has 0 saturated carbocycles. The first-order valence-electron chi connectivity index (χ1n) is 4.24. The van der Waals surface area contributed by atoms with E-state index in [9.17, 15) is 4.79 Å². The lowest BCUT2D eigenvalue weighted by atomic mass is 10.1. The topological polar surface area (TPSA) is 64.4 Å². The molecule has 0 radical (unpaired) electrons. The molecule has 1 fully saturated rings. The minimum absolute atomic E-state index is 0.139. The van der Waals surface area contributed by atoms with Gasteiger partial charge in [-0.3, -0.25) is 10.2 Å². The lowest BCUT2D eigenvalue weighted by Crippen LogP contribution is -2.36. The Morgan fingerprint density at radius 2 is 1.92 bits per heavy atom. The van der Waals surface area contributed by atoms with Crippen LogP contribution in [0.2, 0.25) is 0 Å². The van der Waals surface area contributed by atoms with Crippen LogP contribution >= 0.6 is 0 Å². The summed E-state index contributed by atoms with van der Waals surface area (Å²) in [6, 6.07) is 0. The highest BCUT2D eigenvalue weighted by molar-refractivity contribution is 5.95. The van der Waals surface area contributed by atoms with E-state index in [4.69, 9.17) is 10.5 Å². The van der Waals surface area contributed by atoms with Crippen LogP contribution in [-0.2, 0) is 4.79 Å². The van der Waals surface area contributed by atoms with Gasteiger partial charge < -0.3 is 10.0 Å². The maximum absolute atomic E-state index is 10.3. The summed E-state index contributed by atoms with van der Waals surface area (Å²) in [4.78, 5) is 12.1. The number of likely N-dealkylation sites (tertiary alicyclic amines) is 1. The number of nitrogens with zero attached hydrogens (tertiary/aromatic N) is 1. The Balaban J connectivity index is 2.34. The highest BCUT2D eigenvalue weighted by Gasteiger charge is 2.15. The number of nitrogens with one attached hydrogen (secondary N) is 1. The van der Waals surface area contributed by atoms with E-state index in [1.807, 2.05) is 4.90 Å². The van der Waals surface area contributed by atoms with Crippen LogP contribution in [0.25, 0.3) is 0 Å². The molecule has 68 valence electrons. The number of aliphatic carboxylic acids is 1. The maximum atomic E-state index is 10.3. The predicted molar refractivity (Wildman–Crippen MR) is 45.4 cm³/mol. The van der Waals surface area contributed by atoms with Gasteiger partial charge in [0.25, 0.3) is 0 Å². The normalized spacial score (nSPS) is 17.5. The van der Waals surface area contributed by atoms with Crippen LogP contribution in [0.3, 0.4) is 0 Å². The van der Waals surface area contributed by atoms with Crippen LogP contribution in [0, 0.1) is 5.41 Å². The van der Waals surface area contributed by atoms with E-state index in [1.165, 1.54) is 6.42 Å². The molecule has 1 heterocycles. The van der Waals surface area contributed by atoms with Gasteiger partial charge >= 0.3 is 5.97 Å². The van der Waals surface area contributed by atoms with Crippen LogP contribution in [-0.4, -0.2) is 34.9 Å². The van der Waals surface area contributed by atoms with E-state index in [1.54, 1.807) is 0 Å². The Morgan fingerprint density at radius 3 is 2.42 bits per heavy atom. The van der Waals surface area contributed by atoms with Gasteiger partial charge in [-0.05, 0) is 19.3 Å². The number of hydrogen-bond donors (Lipinski definition) is 2. The van der Waals surface area contributed by atoms with Crippen molar-refractivity contribution < 1.29 is 9.90 Å². The maximum Gasteiger partial charge on any atom is 0.310 e. The van der Waals surface area contributed by atoms with Crippen LogP contribution in [0.4, 0.5) is 0 Å². The third-order valence-electron chi connectivity index (χ3n) is 2.06. The average molecular weight is 170 g/mol. The summed E-state index contributed by atoms with van der Waals surface area (Å²) in [7, 11) is 0. The summed E-state index contributed by atoms with van der Waals surface area (Å²) >= 11 is 0. The number of carboxylic acids is 1. The molecule has 0 atom stereocenters. The molecule has 1 rings (SSSR count). The third-order valence-corrected chi connectivity index (χ3v) is 2.06. The van der Waals surface area contributed by atoms with E-state index in [-0.39, 0.29) is 12.3 Å². The molecule has 0 aromatic heterocycles. The van der Waals surface area contributed by atoms with Crippen LogP contribution in [0.15, 0.2) is 0 Å². The van der Waals surface area contributed by atoms with Gasteiger partial charge in [0.15, 0.2) is 0 Å². The quantitative estimate of drug-likeness (QED) is 0.478. The monoisotopic (exact) mass is 170 g/mol. The number of carboxylic acid groups (broad SMARTS) is 1. The Kier molecular flexibility index (Phi) is 3.08. The number of hydrogen-bond acceptors (Lipinski definition) is 2. The van der Waals surface area contributed by atoms with Gasteiger partial charge in [-0.2, -0.15) is 0 Å². The van der Waals surface area contributed by atoms with Crippen molar-refractivity contribution in [3.05, 3.63) is 0 Å². The van der Waals surface area contributed by atoms with Gasteiger partial charge in [-0.25, -0.2) is 0 Å². The zero-order valence-corrected chi connectivity index (χ0v) is 7.05. The van der Waals surface area contributed by atoms with Crippen LogP contribution in [0.5, 0.6) is 0 Å². The second-order valence-corrected chi connectivity index (χ2v) is 3.06. The summed E-state index contributed by atoms with van der Waals surface area (Å²) in [6.45, 7) is 1.71. The third kappa shape index (κ3) is 2.53. The molecular formula is C8H14N2O2. The Morgan fingerprint density at radius 1 is 1.33 bits per heavy atom. The number of carbonyl (C=O) groups is 1. The van der Waals surface area contributed by atoms with E-state index in [0.717, 1.165) is 25.9 Å². The van der Waals surface area contributed by atoms with Crippen molar-refractivity contribution in [2.45, 2.75) is 25.7 Å². The summed E-state index contributed by atoms with van der Waals surface area (Å²) in [5, 5.41) is 15.9. The SMILES string of the molecule is N=C(CC(=O)O)N1CCCCC1. The first kappa shape index (κ1) is 9.03. The van der Waals surface area contributed by atoms with Crippen molar-refractivity contribution in [3.8, 4) is 0 Å². The molecule has 2 N–H and O–H groups in total. The zero-order chi connectivity index (χ0) is 8.97. The zero-order valence-electron chi connectivity index (χ0n) is 7.05. The first-order valence-corrected chi connectivity index (χ1v) is 4.24. The molecule has 0 aromatic rings. The smallest absolute Gasteiger partial charge is 0.310 e. The first-order chi connectivity index (χ1) is 5.70. The molecule has 1 aliphatic heterocycles. The Labute approximate surface area is 71.7 Å². The summed E-state index contributed by atoms with van der Waals surface area (Å²) < 4.78 is 0. The second kappa shape index (κ2) is 4.09. The fraction of sp³-hybridized carbons (Fsp3) is 0.750. The van der Waals surface area contributed by atoms with Gasteiger partial charge in [0, 0.05) is 13.1 Å². The molecule has 0 unspecified atom stereocenters. The number of piperidine rings is 1. The van der Waals surface area contributed by atoms with Crippen molar-refractivity contribution >= 4 is 11.8 Å². The fourth-order valence-corrected chi connectivity index (χ4v) is 1.42. The second-order valence-electron chi connectivity index (χ2n) is 3.06. The molecule has 0 aromatic carbocycles. The lowest BCUT2D eigenvalue weighted by Gasteiger charge is -2.28.